The van der Waals surface area contributed by atoms with Crippen LogP contribution in [0.3, 0.4) is 0 Å². The fourth-order valence-corrected chi connectivity index (χ4v) is 1.69. The van der Waals surface area contributed by atoms with Gasteiger partial charge in [-0.1, -0.05) is 12.1 Å². The molecule has 0 spiro atoms. The van der Waals surface area contributed by atoms with Gasteiger partial charge in [0.2, 0.25) is 0 Å². The van der Waals surface area contributed by atoms with Gasteiger partial charge in [0.25, 0.3) is 0 Å². The number of hydrogen-bond donors (Lipinski definition) is 1. The summed E-state index contributed by atoms with van der Waals surface area (Å²) in [4.78, 5) is 0. The summed E-state index contributed by atoms with van der Waals surface area (Å²) in [5.74, 6) is 0.810. The number of rotatable bonds is 11. The molecule has 5 nitrogen and oxygen atoms in total. The summed E-state index contributed by atoms with van der Waals surface area (Å²) in [5, 5.41) is 0. The molecular formula is C15H25NO4. The van der Waals surface area contributed by atoms with Crippen molar-refractivity contribution < 1.29 is 18.9 Å². The van der Waals surface area contributed by atoms with Crippen LogP contribution in [0.4, 0.5) is 0 Å². The molecule has 1 aromatic carbocycles. The topological polar surface area (TPSA) is 62.9 Å². The Bertz CT molecular complexity index is 359. The first-order chi connectivity index (χ1) is 9.77. The molecule has 0 saturated heterocycles. The number of methoxy groups -OCH3 is 2. The molecule has 0 aliphatic rings. The molecule has 5 heteroatoms. The van der Waals surface area contributed by atoms with Crippen LogP contribution in [0.25, 0.3) is 0 Å². The van der Waals surface area contributed by atoms with Gasteiger partial charge in [0.05, 0.1) is 33.0 Å². The number of nitrogens with two attached hydrogens (primary N) is 1. The van der Waals surface area contributed by atoms with Gasteiger partial charge in [-0.05, 0) is 24.1 Å². The van der Waals surface area contributed by atoms with E-state index in [-0.39, 0.29) is 6.04 Å². The first-order valence-electron chi connectivity index (χ1n) is 6.82. The zero-order chi connectivity index (χ0) is 14.6. The van der Waals surface area contributed by atoms with E-state index >= 15 is 0 Å². The zero-order valence-corrected chi connectivity index (χ0v) is 12.3. The molecule has 0 saturated carbocycles. The lowest BCUT2D eigenvalue weighted by Gasteiger charge is -2.13. The average molecular weight is 283 g/mol. The summed E-state index contributed by atoms with van der Waals surface area (Å²) in [5.41, 5.74) is 7.09. The molecule has 0 heterocycles. The molecule has 0 radical (unpaired) electrons. The predicted molar refractivity (Wildman–Crippen MR) is 78.1 cm³/mol. The van der Waals surface area contributed by atoms with Gasteiger partial charge in [0, 0.05) is 20.3 Å². The summed E-state index contributed by atoms with van der Waals surface area (Å²) in [6.45, 7) is 3.06. The van der Waals surface area contributed by atoms with E-state index in [2.05, 4.69) is 0 Å². The van der Waals surface area contributed by atoms with Gasteiger partial charge >= 0.3 is 0 Å². The van der Waals surface area contributed by atoms with Crippen molar-refractivity contribution in [3.05, 3.63) is 29.8 Å². The van der Waals surface area contributed by atoms with E-state index in [1.807, 2.05) is 24.3 Å². The molecule has 0 aliphatic carbocycles. The Morgan fingerprint density at radius 3 is 2.60 bits per heavy atom. The second-order valence-electron chi connectivity index (χ2n) is 4.42. The van der Waals surface area contributed by atoms with E-state index in [4.69, 9.17) is 24.7 Å². The van der Waals surface area contributed by atoms with Gasteiger partial charge in [0.1, 0.15) is 5.75 Å². The molecule has 1 unspecified atom stereocenters. The molecule has 2 N–H and O–H groups in total. The summed E-state index contributed by atoms with van der Waals surface area (Å²) >= 11 is 0. The van der Waals surface area contributed by atoms with Gasteiger partial charge in [-0.3, -0.25) is 0 Å². The van der Waals surface area contributed by atoms with Gasteiger partial charge in [-0.15, -0.1) is 0 Å². The van der Waals surface area contributed by atoms with E-state index in [1.165, 1.54) is 0 Å². The van der Waals surface area contributed by atoms with Crippen molar-refractivity contribution in [2.45, 2.75) is 12.5 Å². The highest BCUT2D eigenvalue weighted by Gasteiger charge is 2.06. The molecule has 1 rings (SSSR count). The van der Waals surface area contributed by atoms with Crippen LogP contribution in [-0.4, -0.2) is 47.3 Å². The Morgan fingerprint density at radius 1 is 1.05 bits per heavy atom. The van der Waals surface area contributed by atoms with Crippen LogP contribution < -0.4 is 10.5 Å². The minimum absolute atomic E-state index is 0.139. The molecule has 0 bridgehead atoms. The summed E-state index contributed by atoms with van der Waals surface area (Å²) in [6.07, 6.45) is 0.856. The number of benzene rings is 1. The first kappa shape index (κ1) is 16.9. The minimum Gasteiger partial charge on any atom is -0.497 e. The standard InChI is InChI=1S/C15H25NO4/c1-17-9-10-19-7-4-8-20-12-15(16)13-5-3-6-14(11-13)18-2/h3,5-6,11,15H,4,7-10,12,16H2,1-2H3. The van der Waals surface area contributed by atoms with Crippen LogP contribution in [-0.2, 0) is 14.2 Å². The Hall–Kier alpha value is -1.14. The lowest BCUT2D eigenvalue weighted by molar-refractivity contribution is 0.0492. The van der Waals surface area contributed by atoms with E-state index in [0.717, 1.165) is 17.7 Å². The van der Waals surface area contributed by atoms with Crippen LogP contribution in [0, 0.1) is 0 Å². The zero-order valence-electron chi connectivity index (χ0n) is 12.3. The molecule has 0 aromatic heterocycles. The maximum absolute atomic E-state index is 6.07. The maximum atomic E-state index is 6.07. The summed E-state index contributed by atoms with van der Waals surface area (Å²) < 4.78 is 21.0. The first-order valence-corrected chi connectivity index (χ1v) is 6.82. The monoisotopic (exact) mass is 283 g/mol. The van der Waals surface area contributed by atoms with Crippen LogP contribution in [0.5, 0.6) is 5.75 Å². The number of hydrogen-bond acceptors (Lipinski definition) is 5. The molecule has 0 amide bonds. The summed E-state index contributed by atoms with van der Waals surface area (Å²) in [6, 6.07) is 7.60. The SMILES string of the molecule is COCCOCCCOCC(N)c1cccc(OC)c1. The second kappa shape index (κ2) is 10.6. The minimum atomic E-state index is -0.139. The van der Waals surface area contributed by atoms with Crippen LogP contribution >= 0.6 is 0 Å². The van der Waals surface area contributed by atoms with Crippen molar-refractivity contribution in [2.75, 3.05) is 47.3 Å². The van der Waals surface area contributed by atoms with Gasteiger partial charge in [-0.2, -0.15) is 0 Å². The van der Waals surface area contributed by atoms with Gasteiger partial charge < -0.3 is 24.7 Å². The van der Waals surface area contributed by atoms with E-state index in [1.54, 1.807) is 14.2 Å². The van der Waals surface area contributed by atoms with Crippen molar-refractivity contribution in [3.8, 4) is 5.75 Å². The fraction of sp³-hybridized carbons (Fsp3) is 0.600. The molecule has 0 aliphatic heterocycles. The Balaban J connectivity index is 2.12. The Labute approximate surface area is 121 Å². The molecule has 0 fully saturated rings. The van der Waals surface area contributed by atoms with Crippen molar-refractivity contribution in [1.29, 1.82) is 0 Å². The van der Waals surface area contributed by atoms with E-state index in [9.17, 15) is 0 Å². The number of ether oxygens (including phenoxy) is 4. The van der Waals surface area contributed by atoms with E-state index in [0.29, 0.717) is 33.0 Å². The maximum Gasteiger partial charge on any atom is 0.119 e. The third kappa shape index (κ3) is 6.86. The highest BCUT2D eigenvalue weighted by atomic mass is 16.5. The van der Waals surface area contributed by atoms with Crippen molar-refractivity contribution in [3.63, 3.8) is 0 Å². The van der Waals surface area contributed by atoms with Crippen molar-refractivity contribution in [1.82, 2.24) is 0 Å². The van der Waals surface area contributed by atoms with Crippen molar-refractivity contribution >= 4 is 0 Å². The van der Waals surface area contributed by atoms with Gasteiger partial charge in [-0.25, -0.2) is 0 Å². The van der Waals surface area contributed by atoms with Crippen LogP contribution in [0.1, 0.15) is 18.0 Å². The van der Waals surface area contributed by atoms with E-state index < -0.39 is 0 Å². The smallest absolute Gasteiger partial charge is 0.119 e. The van der Waals surface area contributed by atoms with Crippen LogP contribution in [0.15, 0.2) is 24.3 Å². The predicted octanol–water partition coefficient (Wildman–Crippen LogP) is 1.76. The van der Waals surface area contributed by atoms with Crippen molar-refractivity contribution in [2.24, 2.45) is 5.73 Å². The average Bonchev–Trinajstić information content (AvgIpc) is 2.49. The summed E-state index contributed by atoms with van der Waals surface area (Å²) in [7, 11) is 3.30. The highest BCUT2D eigenvalue weighted by molar-refractivity contribution is 5.30. The quantitative estimate of drug-likeness (QED) is 0.627. The molecule has 20 heavy (non-hydrogen) atoms. The second-order valence-corrected chi connectivity index (χ2v) is 4.42. The molecule has 1 atom stereocenters. The third-order valence-corrected chi connectivity index (χ3v) is 2.83. The fourth-order valence-electron chi connectivity index (χ4n) is 1.69. The van der Waals surface area contributed by atoms with Gasteiger partial charge in [0.15, 0.2) is 0 Å². The molecule has 114 valence electrons. The lowest BCUT2D eigenvalue weighted by Crippen LogP contribution is -2.18. The lowest BCUT2D eigenvalue weighted by atomic mass is 10.1. The Morgan fingerprint density at radius 2 is 1.85 bits per heavy atom. The largest absolute Gasteiger partial charge is 0.497 e. The van der Waals surface area contributed by atoms with Crippen LogP contribution in [0.2, 0.25) is 0 Å². The highest BCUT2D eigenvalue weighted by Crippen LogP contribution is 2.17. The third-order valence-electron chi connectivity index (χ3n) is 2.83. The molecular weight excluding hydrogens is 258 g/mol. The normalized spacial score (nSPS) is 12.3. The Kier molecular flexibility index (Phi) is 8.98. The molecule has 1 aromatic rings.